The topological polar surface area (TPSA) is 53.3 Å². The molecule has 0 N–H and O–H groups in total. The molecule has 0 aliphatic heterocycles. The summed E-state index contributed by atoms with van der Waals surface area (Å²) in [6.45, 7) is 5.76. The Morgan fingerprint density at radius 3 is 2.72 bits per heavy atom. The number of benzene rings is 1. The lowest BCUT2D eigenvalue weighted by Gasteiger charge is -2.21. The van der Waals surface area contributed by atoms with Crippen LogP contribution in [-0.4, -0.2) is 30.5 Å². The van der Waals surface area contributed by atoms with E-state index in [1.54, 1.807) is 24.1 Å². The Labute approximate surface area is 108 Å². The molecule has 4 heteroatoms. The minimum Gasteiger partial charge on any atom is -0.483 e. The third-order valence-electron chi connectivity index (χ3n) is 2.84. The molecule has 18 heavy (non-hydrogen) atoms. The maximum Gasteiger partial charge on any atom is 0.260 e. The van der Waals surface area contributed by atoms with Gasteiger partial charge in [-0.25, -0.2) is 0 Å². The van der Waals surface area contributed by atoms with Crippen molar-refractivity contribution in [3.8, 4) is 11.8 Å². The number of hydrogen-bond acceptors (Lipinski definition) is 3. The summed E-state index contributed by atoms with van der Waals surface area (Å²) in [5.41, 5.74) is 1.44. The SMILES string of the molecule is Cc1ccc(C#N)cc1OCC(=O)N(C)C(C)C. The summed E-state index contributed by atoms with van der Waals surface area (Å²) in [4.78, 5) is 13.4. The third-order valence-corrected chi connectivity index (χ3v) is 2.84. The summed E-state index contributed by atoms with van der Waals surface area (Å²) in [6.07, 6.45) is 0. The molecule has 1 aromatic rings. The Hall–Kier alpha value is -2.02. The smallest absolute Gasteiger partial charge is 0.260 e. The summed E-state index contributed by atoms with van der Waals surface area (Å²) >= 11 is 0. The number of carbonyl (C=O) groups is 1. The molecule has 0 saturated heterocycles. The van der Waals surface area contributed by atoms with Crippen LogP contribution in [0.3, 0.4) is 0 Å². The highest BCUT2D eigenvalue weighted by atomic mass is 16.5. The molecule has 0 radical (unpaired) electrons. The number of nitriles is 1. The molecule has 1 aromatic carbocycles. The van der Waals surface area contributed by atoms with Gasteiger partial charge >= 0.3 is 0 Å². The molecule has 0 aliphatic rings. The van der Waals surface area contributed by atoms with Gasteiger partial charge in [0.25, 0.3) is 5.91 Å². The lowest BCUT2D eigenvalue weighted by atomic mass is 10.1. The highest BCUT2D eigenvalue weighted by molar-refractivity contribution is 5.77. The Morgan fingerprint density at radius 2 is 2.17 bits per heavy atom. The van der Waals surface area contributed by atoms with E-state index in [0.29, 0.717) is 11.3 Å². The number of carbonyl (C=O) groups excluding carboxylic acids is 1. The second-order valence-corrected chi connectivity index (χ2v) is 4.48. The van der Waals surface area contributed by atoms with E-state index < -0.39 is 0 Å². The van der Waals surface area contributed by atoms with Crippen LogP contribution >= 0.6 is 0 Å². The molecule has 0 bridgehead atoms. The molecule has 0 atom stereocenters. The average Bonchev–Trinajstić information content (AvgIpc) is 2.36. The zero-order chi connectivity index (χ0) is 13.7. The predicted octanol–water partition coefficient (Wildman–Crippen LogP) is 2.11. The predicted molar refractivity (Wildman–Crippen MR) is 69.3 cm³/mol. The van der Waals surface area contributed by atoms with E-state index in [0.717, 1.165) is 5.56 Å². The molecule has 0 aromatic heterocycles. The number of nitrogens with zero attached hydrogens (tertiary/aromatic N) is 2. The van der Waals surface area contributed by atoms with Crippen molar-refractivity contribution in [3.63, 3.8) is 0 Å². The van der Waals surface area contributed by atoms with Crippen molar-refractivity contribution in [1.29, 1.82) is 5.26 Å². The van der Waals surface area contributed by atoms with Crippen LogP contribution in [0.5, 0.6) is 5.75 Å². The van der Waals surface area contributed by atoms with Crippen molar-refractivity contribution >= 4 is 5.91 Å². The lowest BCUT2D eigenvalue weighted by molar-refractivity contribution is -0.133. The van der Waals surface area contributed by atoms with Crippen LogP contribution in [0.1, 0.15) is 25.0 Å². The highest BCUT2D eigenvalue weighted by Crippen LogP contribution is 2.19. The van der Waals surface area contributed by atoms with Gasteiger partial charge in [0.1, 0.15) is 5.75 Å². The van der Waals surface area contributed by atoms with Gasteiger partial charge in [-0.3, -0.25) is 4.79 Å². The molecule has 1 rings (SSSR count). The fourth-order valence-corrected chi connectivity index (χ4v) is 1.35. The summed E-state index contributed by atoms with van der Waals surface area (Å²) in [5, 5.41) is 8.81. The van der Waals surface area contributed by atoms with Gasteiger partial charge in [0.2, 0.25) is 0 Å². The van der Waals surface area contributed by atoms with Crippen LogP contribution in [0, 0.1) is 18.3 Å². The Bertz CT molecular complexity index is 475. The standard InChI is InChI=1S/C14H18N2O2/c1-10(2)16(4)14(17)9-18-13-7-12(8-15)6-5-11(13)3/h5-7,10H,9H2,1-4H3. The number of rotatable bonds is 4. The summed E-state index contributed by atoms with van der Waals surface area (Å²) in [5.74, 6) is 0.506. The van der Waals surface area contributed by atoms with Crippen LogP contribution < -0.4 is 4.74 Å². The zero-order valence-corrected chi connectivity index (χ0v) is 11.2. The molecule has 0 unspecified atom stereocenters. The van der Waals surface area contributed by atoms with Gasteiger partial charge in [0, 0.05) is 13.1 Å². The van der Waals surface area contributed by atoms with Gasteiger partial charge in [-0.05, 0) is 38.5 Å². The van der Waals surface area contributed by atoms with E-state index in [1.807, 2.05) is 32.9 Å². The number of hydrogen-bond donors (Lipinski definition) is 0. The first-order valence-electron chi connectivity index (χ1n) is 5.85. The van der Waals surface area contributed by atoms with E-state index >= 15 is 0 Å². The molecular weight excluding hydrogens is 228 g/mol. The quantitative estimate of drug-likeness (QED) is 0.817. The van der Waals surface area contributed by atoms with Crippen molar-refractivity contribution in [1.82, 2.24) is 4.90 Å². The fourth-order valence-electron chi connectivity index (χ4n) is 1.35. The Balaban J connectivity index is 2.69. The van der Waals surface area contributed by atoms with Gasteiger partial charge in [0.05, 0.1) is 11.6 Å². The highest BCUT2D eigenvalue weighted by Gasteiger charge is 2.13. The second-order valence-electron chi connectivity index (χ2n) is 4.48. The van der Waals surface area contributed by atoms with Crippen molar-refractivity contribution in [3.05, 3.63) is 29.3 Å². The van der Waals surface area contributed by atoms with Crippen molar-refractivity contribution in [2.24, 2.45) is 0 Å². The number of amides is 1. The second kappa shape index (κ2) is 6.06. The molecule has 1 amide bonds. The van der Waals surface area contributed by atoms with Crippen LogP contribution in [0.25, 0.3) is 0 Å². The van der Waals surface area contributed by atoms with Crippen molar-refractivity contribution in [2.45, 2.75) is 26.8 Å². The largest absolute Gasteiger partial charge is 0.483 e. The first-order valence-corrected chi connectivity index (χ1v) is 5.85. The summed E-state index contributed by atoms with van der Waals surface area (Å²) < 4.78 is 5.47. The lowest BCUT2D eigenvalue weighted by Crippen LogP contribution is -2.36. The van der Waals surface area contributed by atoms with Crippen LogP contribution in [-0.2, 0) is 4.79 Å². The monoisotopic (exact) mass is 246 g/mol. The van der Waals surface area contributed by atoms with Gasteiger partial charge in [-0.1, -0.05) is 6.07 Å². The van der Waals surface area contributed by atoms with Gasteiger partial charge in [0.15, 0.2) is 6.61 Å². The van der Waals surface area contributed by atoms with Gasteiger partial charge < -0.3 is 9.64 Å². The maximum atomic E-state index is 11.8. The summed E-state index contributed by atoms with van der Waals surface area (Å²) in [6, 6.07) is 7.38. The molecule has 0 fully saturated rings. The zero-order valence-electron chi connectivity index (χ0n) is 11.2. The first kappa shape index (κ1) is 14.0. The van der Waals surface area contributed by atoms with Crippen LogP contribution in [0.4, 0.5) is 0 Å². The van der Waals surface area contributed by atoms with Crippen LogP contribution in [0.2, 0.25) is 0 Å². The van der Waals surface area contributed by atoms with E-state index in [1.165, 1.54) is 0 Å². The maximum absolute atomic E-state index is 11.8. The van der Waals surface area contributed by atoms with Gasteiger partial charge in [-0.15, -0.1) is 0 Å². The molecule has 96 valence electrons. The van der Waals surface area contributed by atoms with Crippen molar-refractivity contribution in [2.75, 3.05) is 13.7 Å². The van der Waals surface area contributed by atoms with E-state index in [4.69, 9.17) is 10.00 Å². The molecule has 0 spiro atoms. The van der Waals surface area contributed by atoms with E-state index in [9.17, 15) is 4.79 Å². The third kappa shape index (κ3) is 3.49. The Morgan fingerprint density at radius 1 is 1.50 bits per heavy atom. The van der Waals surface area contributed by atoms with Gasteiger partial charge in [-0.2, -0.15) is 5.26 Å². The normalized spacial score (nSPS) is 10.0. The molecule has 0 heterocycles. The van der Waals surface area contributed by atoms with E-state index in [-0.39, 0.29) is 18.6 Å². The minimum atomic E-state index is -0.0771. The van der Waals surface area contributed by atoms with E-state index in [2.05, 4.69) is 0 Å². The van der Waals surface area contributed by atoms with Crippen LogP contribution in [0.15, 0.2) is 18.2 Å². The Kier molecular flexibility index (Phi) is 4.73. The number of aryl methyl sites for hydroxylation is 1. The minimum absolute atomic E-state index is 0.00952. The molecule has 0 saturated carbocycles. The average molecular weight is 246 g/mol. The first-order chi connectivity index (χ1) is 8.45. The molecular formula is C14H18N2O2. The molecule has 0 aliphatic carbocycles. The number of likely N-dealkylation sites (N-methyl/N-ethyl adjacent to an activating group) is 1. The number of ether oxygens (including phenoxy) is 1. The summed E-state index contributed by atoms with van der Waals surface area (Å²) in [7, 11) is 1.74. The fraction of sp³-hybridized carbons (Fsp3) is 0.429. The van der Waals surface area contributed by atoms with Crippen molar-refractivity contribution < 1.29 is 9.53 Å². The molecule has 4 nitrogen and oxygen atoms in total.